The van der Waals surface area contributed by atoms with Crippen LogP contribution in [-0.4, -0.2) is 16.1 Å². The van der Waals surface area contributed by atoms with E-state index < -0.39 is 0 Å². The van der Waals surface area contributed by atoms with Gasteiger partial charge in [0.25, 0.3) is 0 Å². The third-order valence-electron chi connectivity index (χ3n) is 2.36. The normalized spacial score (nSPS) is 13.6. The highest BCUT2D eigenvalue weighted by atomic mass is 32.1. The molecule has 0 aliphatic rings. The van der Waals surface area contributed by atoms with Gasteiger partial charge in [-0.1, -0.05) is 46.0 Å². The first-order valence-corrected chi connectivity index (χ1v) is 6.31. The SMILES string of the molecule is CCC(C)C(=O)Nc1nnc(C(C)(C)C)s1. The zero-order chi connectivity index (χ0) is 12.3. The molecular weight excluding hydrogens is 222 g/mol. The Morgan fingerprint density at radius 3 is 2.50 bits per heavy atom. The highest BCUT2D eigenvalue weighted by Gasteiger charge is 2.20. The Bertz CT molecular complexity index is 368. The number of carbonyl (C=O) groups is 1. The lowest BCUT2D eigenvalue weighted by Crippen LogP contribution is -2.19. The molecule has 1 aromatic rings. The van der Waals surface area contributed by atoms with Crippen LogP contribution in [0.5, 0.6) is 0 Å². The van der Waals surface area contributed by atoms with E-state index in [1.807, 2.05) is 13.8 Å². The van der Waals surface area contributed by atoms with Crippen LogP contribution in [0.15, 0.2) is 0 Å². The van der Waals surface area contributed by atoms with Crippen LogP contribution in [0.4, 0.5) is 5.13 Å². The van der Waals surface area contributed by atoms with E-state index in [2.05, 4.69) is 36.3 Å². The van der Waals surface area contributed by atoms with Crippen molar-refractivity contribution in [3.05, 3.63) is 5.01 Å². The fourth-order valence-electron chi connectivity index (χ4n) is 0.991. The van der Waals surface area contributed by atoms with Crippen LogP contribution in [0.2, 0.25) is 0 Å². The monoisotopic (exact) mass is 241 g/mol. The molecule has 0 spiro atoms. The van der Waals surface area contributed by atoms with Crippen LogP contribution in [-0.2, 0) is 10.2 Å². The summed E-state index contributed by atoms with van der Waals surface area (Å²) in [4.78, 5) is 11.6. The maximum atomic E-state index is 11.6. The van der Waals surface area contributed by atoms with Crippen molar-refractivity contribution in [1.82, 2.24) is 10.2 Å². The van der Waals surface area contributed by atoms with Gasteiger partial charge in [-0.15, -0.1) is 10.2 Å². The van der Waals surface area contributed by atoms with Gasteiger partial charge in [0.15, 0.2) is 0 Å². The summed E-state index contributed by atoms with van der Waals surface area (Å²) in [7, 11) is 0. The number of amides is 1. The summed E-state index contributed by atoms with van der Waals surface area (Å²) in [6.07, 6.45) is 0.830. The average Bonchev–Trinajstić information content (AvgIpc) is 2.64. The lowest BCUT2D eigenvalue weighted by atomic mass is 9.98. The summed E-state index contributed by atoms with van der Waals surface area (Å²) in [6.45, 7) is 10.1. The van der Waals surface area contributed by atoms with Gasteiger partial charge < -0.3 is 5.32 Å². The van der Waals surface area contributed by atoms with E-state index in [0.29, 0.717) is 5.13 Å². The Hall–Kier alpha value is -0.970. The molecular formula is C11H19N3OS. The van der Waals surface area contributed by atoms with Gasteiger partial charge in [-0.2, -0.15) is 0 Å². The van der Waals surface area contributed by atoms with Gasteiger partial charge in [-0.25, -0.2) is 0 Å². The molecule has 1 heterocycles. The van der Waals surface area contributed by atoms with Gasteiger partial charge in [-0.05, 0) is 6.42 Å². The summed E-state index contributed by atoms with van der Waals surface area (Å²) in [5.74, 6) is 0.0288. The molecule has 0 fully saturated rings. The number of hydrogen-bond acceptors (Lipinski definition) is 4. The van der Waals surface area contributed by atoms with Crippen LogP contribution >= 0.6 is 11.3 Å². The van der Waals surface area contributed by atoms with Gasteiger partial charge in [0, 0.05) is 11.3 Å². The first-order valence-electron chi connectivity index (χ1n) is 5.49. The lowest BCUT2D eigenvalue weighted by Gasteiger charge is -2.12. The lowest BCUT2D eigenvalue weighted by molar-refractivity contribution is -0.119. The number of carbonyl (C=O) groups excluding carboxylic acids is 1. The zero-order valence-corrected chi connectivity index (χ0v) is 11.3. The van der Waals surface area contributed by atoms with Crippen LogP contribution in [0.1, 0.15) is 46.0 Å². The molecule has 1 atom stereocenters. The molecule has 0 saturated carbocycles. The number of anilines is 1. The summed E-state index contributed by atoms with van der Waals surface area (Å²) >= 11 is 1.44. The predicted molar refractivity (Wildman–Crippen MR) is 66.7 cm³/mol. The van der Waals surface area contributed by atoms with Crippen LogP contribution in [0.25, 0.3) is 0 Å². The van der Waals surface area contributed by atoms with E-state index in [1.165, 1.54) is 11.3 Å². The van der Waals surface area contributed by atoms with E-state index in [0.717, 1.165) is 11.4 Å². The smallest absolute Gasteiger partial charge is 0.229 e. The molecule has 1 amide bonds. The minimum Gasteiger partial charge on any atom is -0.300 e. The predicted octanol–water partition coefficient (Wildman–Crippen LogP) is 2.82. The third kappa shape index (κ3) is 3.27. The largest absolute Gasteiger partial charge is 0.300 e. The molecule has 1 rings (SSSR count). The molecule has 0 aliphatic heterocycles. The van der Waals surface area contributed by atoms with E-state index in [4.69, 9.17) is 0 Å². The van der Waals surface area contributed by atoms with Crippen molar-refractivity contribution in [1.29, 1.82) is 0 Å². The van der Waals surface area contributed by atoms with Gasteiger partial charge in [-0.3, -0.25) is 4.79 Å². The molecule has 1 unspecified atom stereocenters. The first kappa shape index (κ1) is 13.1. The molecule has 0 radical (unpaired) electrons. The fraction of sp³-hybridized carbons (Fsp3) is 0.727. The Morgan fingerprint density at radius 1 is 1.44 bits per heavy atom. The molecule has 0 bridgehead atoms. The number of aromatic nitrogens is 2. The quantitative estimate of drug-likeness (QED) is 0.885. The first-order chi connectivity index (χ1) is 7.34. The molecule has 4 nitrogen and oxygen atoms in total. The average molecular weight is 241 g/mol. The van der Waals surface area contributed by atoms with Gasteiger partial charge in [0.05, 0.1) is 0 Å². The van der Waals surface area contributed by atoms with Crippen LogP contribution < -0.4 is 5.32 Å². The highest BCUT2D eigenvalue weighted by molar-refractivity contribution is 7.15. The standard InChI is InChI=1S/C11H19N3OS/c1-6-7(2)8(15)12-10-14-13-9(16-10)11(3,4)5/h7H,6H2,1-5H3,(H,12,14,15). The fourth-order valence-corrected chi connectivity index (χ4v) is 1.80. The Balaban J connectivity index is 2.70. The second-order valence-corrected chi connectivity index (χ2v) is 5.94. The molecule has 0 saturated heterocycles. The number of rotatable bonds is 3. The van der Waals surface area contributed by atoms with Crippen LogP contribution in [0, 0.1) is 5.92 Å². The summed E-state index contributed by atoms with van der Waals surface area (Å²) in [5.41, 5.74) is -0.0168. The maximum absolute atomic E-state index is 11.6. The number of hydrogen-bond donors (Lipinski definition) is 1. The zero-order valence-electron chi connectivity index (χ0n) is 10.5. The minimum atomic E-state index is -0.0168. The molecule has 0 aliphatic carbocycles. The van der Waals surface area contributed by atoms with Crippen molar-refractivity contribution >= 4 is 22.4 Å². The van der Waals surface area contributed by atoms with Gasteiger partial charge in [0.2, 0.25) is 11.0 Å². The van der Waals surface area contributed by atoms with E-state index in [9.17, 15) is 4.79 Å². The maximum Gasteiger partial charge on any atom is 0.229 e. The van der Waals surface area contributed by atoms with Gasteiger partial charge >= 0.3 is 0 Å². The van der Waals surface area contributed by atoms with E-state index in [-0.39, 0.29) is 17.2 Å². The molecule has 1 aromatic heterocycles. The van der Waals surface area contributed by atoms with Crippen molar-refractivity contribution in [3.63, 3.8) is 0 Å². The molecule has 5 heteroatoms. The highest BCUT2D eigenvalue weighted by Crippen LogP contribution is 2.27. The topological polar surface area (TPSA) is 54.9 Å². The van der Waals surface area contributed by atoms with Crippen molar-refractivity contribution in [3.8, 4) is 0 Å². The summed E-state index contributed by atoms with van der Waals surface area (Å²) in [6, 6.07) is 0. The molecule has 1 N–H and O–H groups in total. The second-order valence-electron chi connectivity index (χ2n) is 4.96. The summed E-state index contributed by atoms with van der Waals surface area (Å²) in [5, 5.41) is 12.4. The van der Waals surface area contributed by atoms with Gasteiger partial charge in [0.1, 0.15) is 5.01 Å². The molecule has 90 valence electrons. The third-order valence-corrected chi connectivity index (χ3v) is 3.62. The van der Waals surface area contributed by atoms with E-state index >= 15 is 0 Å². The minimum absolute atomic E-state index is 0.0131. The molecule has 0 aromatic carbocycles. The Labute approximate surface area is 100 Å². The van der Waals surface area contributed by atoms with Crippen molar-refractivity contribution in [2.45, 2.75) is 46.5 Å². The van der Waals surface area contributed by atoms with Crippen molar-refractivity contribution in [2.24, 2.45) is 5.92 Å². The number of nitrogens with zero attached hydrogens (tertiary/aromatic N) is 2. The van der Waals surface area contributed by atoms with Crippen LogP contribution in [0.3, 0.4) is 0 Å². The number of nitrogens with one attached hydrogen (secondary N) is 1. The molecule has 16 heavy (non-hydrogen) atoms. The Morgan fingerprint density at radius 2 is 2.06 bits per heavy atom. The van der Waals surface area contributed by atoms with E-state index in [1.54, 1.807) is 0 Å². The van der Waals surface area contributed by atoms with Crippen molar-refractivity contribution < 1.29 is 4.79 Å². The second kappa shape index (κ2) is 4.91. The van der Waals surface area contributed by atoms with Crippen molar-refractivity contribution in [2.75, 3.05) is 5.32 Å². The summed E-state index contributed by atoms with van der Waals surface area (Å²) < 4.78 is 0. The Kier molecular flexibility index (Phi) is 4.02.